The second-order valence-corrected chi connectivity index (χ2v) is 2.78. The number of aromatic hydroxyl groups is 1. The van der Waals surface area contributed by atoms with Crippen LogP contribution in [0.15, 0.2) is 18.2 Å². The van der Waals surface area contributed by atoms with Crippen molar-refractivity contribution in [1.82, 2.24) is 0 Å². The largest absolute Gasteiger partial charge is 0.504 e. The predicted molar refractivity (Wildman–Crippen MR) is 54.8 cm³/mol. The highest BCUT2D eigenvalue weighted by Crippen LogP contribution is 2.31. The lowest BCUT2D eigenvalue weighted by Crippen LogP contribution is -1.89. The number of rotatable bonds is 3. The zero-order valence-corrected chi connectivity index (χ0v) is 8.15. The van der Waals surface area contributed by atoms with Crippen molar-refractivity contribution >= 4 is 12.4 Å². The van der Waals surface area contributed by atoms with Crippen molar-refractivity contribution in [2.24, 2.45) is 0 Å². The van der Waals surface area contributed by atoms with Crippen molar-refractivity contribution in [1.29, 1.82) is 0 Å². The van der Waals surface area contributed by atoms with Crippen molar-refractivity contribution in [3.8, 4) is 11.5 Å². The number of carbonyl (C=O) groups excluding carboxylic acids is 1. The van der Waals surface area contributed by atoms with Crippen molar-refractivity contribution in [2.45, 2.75) is 6.92 Å². The molecule has 0 fully saturated rings. The molecule has 0 saturated carbocycles. The van der Waals surface area contributed by atoms with Crippen LogP contribution in [0.2, 0.25) is 0 Å². The maximum absolute atomic E-state index is 10.6. The van der Waals surface area contributed by atoms with Crippen LogP contribution in [0.25, 0.3) is 6.08 Å². The van der Waals surface area contributed by atoms with Crippen LogP contribution in [-0.4, -0.2) is 18.5 Å². The molecule has 14 heavy (non-hydrogen) atoms. The molecule has 0 aliphatic heterocycles. The van der Waals surface area contributed by atoms with E-state index >= 15 is 0 Å². The molecule has 1 aromatic carbocycles. The number of methoxy groups -OCH3 is 1. The lowest BCUT2D eigenvalue weighted by molar-refractivity contribution is 0.112. The zero-order chi connectivity index (χ0) is 10.6. The Morgan fingerprint density at radius 3 is 2.64 bits per heavy atom. The summed E-state index contributed by atoms with van der Waals surface area (Å²) in [5.41, 5.74) is 1.06. The van der Waals surface area contributed by atoms with E-state index in [2.05, 4.69) is 0 Å². The van der Waals surface area contributed by atoms with Gasteiger partial charge in [-0.2, -0.15) is 0 Å². The molecule has 0 unspecified atom stereocenters. The lowest BCUT2D eigenvalue weighted by atomic mass is 10.1. The van der Waals surface area contributed by atoms with Gasteiger partial charge in [-0.1, -0.05) is 12.2 Å². The van der Waals surface area contributed by atoms with Crippen molar-refractivity contribution in [2.75, 3.05) is 7.11 Å². The highest BCUT2D eigenvalue weighted by molar-refractivity contribution is 5.79. The number of carbonyl (C=O) groups is 1. The van der Waals surface area contributed by atoms with E-state index in [1.54, 1.807) is 18.2 Å². The second-order valence-electron chi connectivity index (χ2n) is 2.78. The normalized spacial score (nSPS) is 10.4. The molecule has 1 N–H and O–H groups in total. The fourth-order valence-corrected chi connectivity index (χ4v) is 1.18. The van der Waals surface area contributed by atoms with Gasteiger partial charge in [0.05, 0.1) is 7.11 Å². The Hall–Kier alpha value is -1.77. The molecule has 0 aliphatic carbocycles. The third-order valence-corrected chi connectivity index (χ3v) is 1.83. The van der Waals surface area contributed by atoms with E-state index in [0.717, 1.165) is 6.29 Å². The van der Waals surface area contributed by atoms with Crippen LogP contribution in [0.1, 0.15) is 22.8 Å². The summed E-state index contributed by atoms with van der Waals surface area (Å²) >= 11 is 0. The topological polar surface area (TPSA) is 46.5 Å². The van der Waals surface area contributed by atoms with E-state index in [1.165, 1.54) is 13.2 Å². The molecule has 3 nitrogen and oxygen atoms in total. The zero-order valence-electron chi connectivity index (χ0n) is 8.15. The molecule has 0 atom stereocenters. The summed E-state index contributed by atoms with van der Waals surface area (Å²) in [5.74, 6) is 0.360. The molecule has 0 amide bonds. The van der Waals surface area contributed by atoms with Crippen LogP contribution in [0, 0.1) is 0 Å². The molecule has 3 heteroatoms. The minimum absolute atomic E-state index is 0.0520. The summed E-state index contributed by atoms with van der Waals surface area (Å²) < 4.78 is 4.93. The molecule has 0 bridgehead atoms. The molecule has 0 saturated heterocycles. The number of allylic oxidation sites excluding steroid dienone is 1. The van der Waals surface area contributed by atoms with Gasteiger partial charge in [0.25, 0.3) is 0 Å². The first-order valence-corrected chi connectivity index (χ1v) is 4.21. The molecule has 1 aromatic rings. The standard InChI is InChI=1S/C11H12O3/c1-3-4-9-5-8(7-12)6-10(14-2)11(9)13/h3-7,13H,1-2H3/b4-3+. The Morgan fingerprint density at radius 1 is 1.43 bits per heavy atom. The highest BCUT2D eigenvalue weighted by atomic mass is 16.5. The van der Waals surface area contributed by atoms with Gasteiger partial charge in [-0.15, -0.1) is 0 Å². The number of aldehydes is 1. The Morgan fingerprint density at radius 2 is 2.14 bits per heavy atom. The van der Waals surface area contributed by atoms with Gasteiger partial charge in [-0.05, 0) is 19.1 Å². The Labute approximate surface area is 82.6 Å². The fraction of sp³-hybridized carbons (Fsp3) is 0.182. The van der Waals surface area contributed by atoms with Crippen LogP contribution >= 0.6 is 0 Å². The Kier molecular flexibility index (Phi) is 3.29. The van der Waals surface area contributed by atoms with Crippen LogP contribution in [0.5, 0.6) is 11.5 Å². The van der Waals surface area contributed by atoms with E-state index in [4.69, 9.17) is 4.74 Å². The van der Waals surface area contributed by atoms with E-state index in [9.17, 15) is 9.90 Å². The third kappa shape index (κ3) is 1.93. The molecule has 0 aliphatic rings. The quantitative estimate of drug-likeness (QED) is 0.747. The maximum Gasteiger partial charge on any atom is 0.165 e. The summed E-state index contributed by atoms with van der Waals surface area (Å²) in [6, 6.07) is 3.10. The first-order valence-electron chi connectivity index (χ1n) is 4.21. The molecule has 0 heterocycles. The third-order valence-electron chi connectivity index (χ3n) is 1.83. The van der Waals surface area contributed by atoms with E-state index in [1.807, 2.05) is 6.92 Å². The lowest BCUT2D eigenvalue weighted by Gasteiger charge is -2.06. The molecule has 0 aromatic heterocycles. The summed E-state index contributed by atoms with van der Waals surface area (Å²) in [4.78, 5) is 10.6. The summed E-state index contributed by atoms with van der Waals surface area (Å²) in [6.07, 6.45) is 4.21. The molecule has 1 rings (SSSR count). The van der Waals surface area contributed by atoms with Gasteiger partial charge in [0, 0.05) is 11.1 Å². The van der Waals surface area contributed by atoms with E-state index in [-0.39, 0.29) is 5.75 Å². The highest BCUT2D eigenvalue weighted by Gasteiger charge is 2.07. The first kappa shape index (κ1) is 10.3. The number of hydrogen-bond acceptors (Lipinski definition) is 3. The SMILES string of the molecule is C/C=C/c1cc(C=O)cc(OC)c1O. The molecular weight excluding hydrogens is 180 g/mol. The average Bonchev–Trinajstić information content (AvgIpc) is 2.21. The number of benzene rings is 1. The van der Waals surface area contributed by atoms with Crippen molar-refractivity contribution < 1.29 is 14.6 Å². The van der Waals surface area contributed by atoms with E-state index < -0.39 is 0 Å². The molecule has 74 valence electrons. The summed E-state index contributed by atoms with van der Waals surface area (Å²) in [7, 11) is 1.45. The van der Waals surface area contributed by atoms with E-state index in [0.29, 0.717) is 16.9 Å². The Balaban J connectivity index is 3.33. The molecule has 0 radical (unpaired) electrons. The van der Waals surface area contributed by atoms with Gasteiger partial charge in [0.2, 0.25) is 0 Å². The van der Waals surface area contributed by atoms with Crippen molar-refractivity contribution in [3.63, 3.8) is 0 Å². The number of ether oxygens (including phenoxy) is 1. The van der Waals surface area contributed by atoms with Gasteiger partial charge in [-0.25, -0.2) is 0 Å². The van der Waals surface area contributed by atoms with Crippen LogP contribution in [-0.2, 0) is 0 Å². The first-order chi connectivity index (χ1) is 6.72. The van der Waals surface area contributed by atoms with Gasteiger partial charge in [0.15, 0.2) is 11.5 Å². The predicted octanol–water partition coefficient (Wildman–Crippen LogP) is 2.25. The van der Waals surface area contributed by atoms with Crippen LogP contribution in [0.3, 0.4) is 0 Å². The summed E-state index contributed by atoms with van der Waals surface area (Å²) in [5, 5.41) is 9.65. The monoisotopic (exact) mass is 192 g/mol. The average molecular weight is 192 g/mol. The Bertz CT molecular complexity index is 367. The fourth-order valence-electron chi connectivity index (χ4n) is 1.18. The number of hydrogen-bond donors (Lipinski definition) is 1. The summed E-state index contributed by atoms with van der Waals surface area (Å²) in [6.45, 7) is 1.83. The van der Waals surface area contributed by atoms with Crippen molar-refractivity contribution in [3.05, 3.63) is 29.3 Å². The van der Waals surface area contributed by atoms with Crippen LogP contribution in [0.4, 0.5) is 0 Å². The number of phenolic OH excluding ortho intramolecular Hbond substituents is 1. The van der Waals surface area contributed by atoms with Gasteiger partial charge >= 0.3 is 0 Å². The van der Waals surface area contributed by atoms with Gasteiger partial charge < -0.3 is 9.84 Å². The van der Waals surface area contributed by atoms with Crippen LogP contribution < -0.4 is 4.74 Å². The second kappa shape index (κ2) is 4.46. The van der Waals surface area contributed by atoms with Gasteiger partial charge in [0.1, 0.15) is 6.29 Å². The molecular formula is C11H12O3. The number of phenols is 1. The molecule has 0 spiro atoms. The minimum Gasteiger partial charge on any atom is -0.504 e. The maximum atomic E-state index is 10.6. The van der Waals surface area contributed by atoms with Gasteiger partial charge in [-0.3, -0.25) is 4.79 Å². The minimum atomic E-state index is 0.0520. The smallest absolute Gasteiger partial charge is 0.165 e.